The highest BCUT2D eigenvalue weighted by atomic mass is 35.5. The fraction of sp³-hybridized carbons (Fsp3) is 0. The van der Waals surface area contributed by atoms with Crippen LogP contribution < -0.4 is 5.32 Å². The molecule has 0 unspecified atom stereocenters. The first-order chi connectivity index (χ1) is 7.54. The Morgan fingerprint density at radius 3 is 2.81 bits per heavy atom. The molecule has 1 aromatic carbocycles. The van der Waals surface area contributed by atoms with Crippen molar-refractivity contribution in [2.24, 2.45) is 0 Å². The van der Waals surface area contributed by atoms with Crippen LogP contribution in [0, 0.1) is 17.1 Å². The third-order valence-corrected chi connectivity index (χ3v) is 1.98. The quantitative estimate of drug-likeness (QED) is 0.781. The molecule has 0 aliphatic carbocycles. The lowest BCUT2D eigenvalue weighted by Crippen LogP contribution is -2.19. The van der Waals surface area contributed by atoms with Crippen molar-refractivity contribution in [3.05, 3.63) is 40.7 Å². The minimum atomic E-state index is -1.33. The average molecular weight is 241 g/mol. The number of benzene rings is 1. The number of hydrogen-bond donors (Lipinski definition) is 2. The molecule has 4 nitrogen and oxygen atoms in total. The lowest BCUT2D eigenvalue weighted by molar-refractivity contribution is 0.199. The molecule has 1 aromatic rings. The first-order valence-corrected chi connectivity index (χ1v) is 4.47. The maximum absolute atomic E-state index is 12.8. The molecule has 82 valence electrons. The Balaban J connectivity index is 3.17. The van der Waals surface area contributed by atoms with Crippen molar-refractivity contribution in [2.45, 2.75) is 0 Å². The number of amides is 1. The Kier molecular flexibility index (Phi) is 3.86. The van der Waals surface area contributed by atoms with E-state index in [4.69, 9.17) is 22.0 Å². The first-order valence-electron chi connectivity index (χ1n) is 4.09. The van der Waals surface area contributed by atoms with E-state index in [-0.39, 0.29) is 16.3 Å². The predicted octanol–water partition coefficient (Wildman–Crippen LogP) is 2.61. The highest BCUT2D eigenvalue weighted by Gasteiger charge is 2.09. The van der Waals surface area contributed by atoms with Gasteiger partial charge in [-0.25, -0.2) is 9.18 Å². The fourth-order valence-electron chi connectivity index (χ4n) is 1.07. The van der Waals surface area contributed by atoms with Gasteiger partial charge in [-0.3, -0.25) is 5.32 Å². The van der Waals surface area contributed by atoms with Crippen LogP contribution in [0.15, 0.2) is 24.3 Å². The lowest BCUT2D eigenvalue weighted by Gasteiger charge is -2.07. The molecule has 0 aliphatic heterocycles. The summed E-state index contributed by atoms with van der Waals surface area (Å²) in [5.74, 6) is -0.541. The van der Waals surface area contributed by atoms with Gasteiger partial charge in [-0.2, -0.15) is 5.26 Å². The number of halogens is 2. The molecule has 0 aromatic heterocycles. The van der Waals surface area contributed by atoms with Gasteiger partial charge in [0.25, 0.3) is 0 Å². The van der Waals surface area contributed by atoms with E-state index in [1.807, 2.05) is 5.32 Å². The van der Waals surface area contributed by atoms with Gasteiger partial charge in [0.2, 0.25) is 0 Å². The van der Waals surface area contributed by atoms with Crippen LogP contribution in [0.3, 0.4) is 0 Å². The van der Waals surface area contributed by atoms with Crippen molar-refractivity contribution in [1.29, 1.82) is 5.26 Å². The largest absolute Gasteiger partial charge is 0.465 e. The van der Waals surface area contributed by atoms with Crippen LogP contribution in [0.1, 0.15) is 5.56 Å². The van der Waals surface area contributed by atoms with Crippen molar-refractivity contribution in [3.63, 3.8) is 0 Å². The van der Waals surface area contributed by atoms with Crippen LogP contribution >= 0.6 is 11.6 Å². The highest BCUT2D eigenvalue weighted by Crippen LogP contribution is 2.23. The molecule has 0 saturated carbocycles. The second kappa shape index (κ2) is 5.14. The Morgan fingerprint density at radius 2 is 2.31 bits per heavy atom. The van der Waals surface area contributed by atoms with Gasteiger partial charge in [0.15, 0.2) is 0 Å². The van der Waals surface area contributed by atoms with E-state index in [9.17, 15) is 9.18 Å². The van der Waals surface area contributed by atoms with Crippen molar-refractivity contribution >= 4 is 23.4 Å². The molecule has 0 saturated heterocycles. The molecule has 6 heteroatoms. The molecule has 1 rings (SSSR count). The maximum Gasteiger partial charge on any atom is 0.409 e. The van der Waals surface area contributed by atoms with Crippen LogP contribution in [-0.4, -0.2) is 11.2 Å². The summed E-state index contributed by atoms with van der Waals surface area (Å²) in [5, 5.41) is 19.0. The number of nitriles is 1. The molecule has 0 spiro atoms. The maximum atomic E-state index is 12.8. The minimum Gasteiger partial charge on any atom is -0.465 e. The zero-order chi connectivity index (χ0) is 12.1. The van der Waals surface area contributed by atoms with E-state index in [0.29, 0.717) is 0 Å². The van der Waals surface area contributed by atoms with Gasteiger partial charge in [0, 0.05) is 11.6 Å². The zero-order valence-electron chi connectivity index (χ0n) is 7.87. The van der Waals surface area contributed by atoms with Gasteiger partial charge in [0.05, 0.1) is 16.8 Å². The van der Waals surface area contributed by atoms with E-state index in [1.165, 1.54) is 6.07 Å². The average Bonchev–Trinajstić information content (AvgIpc) is 2.16. The van der Waals surface area contributed by atoms with Crippen LogP contribution in [-0.2, 0) is 0 Å². The van der Waals surface area contributed by atoms with Gasteiger partial charge in [-0.15, -0.1) is 0 Å². The summed E-state index contributed by atoms with van der Waals surface area (Å²) in [6.07, 6.45) is -0.352. The SMILES string of the molecule is N#C/C=C(/NC(=O)O)c1ccc(F)cc1Cl. The van der Waals surface area contributed by atoms with Crippen molar-refractivity contribution in [2.75, 3.05) is 0 Å². The second-order valence-electron chi connectivity index (χ2n) is 2.74. The molecule has 0 radical (unpaired) electrons. The van der Waals surface area contributed by atoms with Gasteiger partial charge in [-0.1, -0.05) is 11.6 Å². The van der Waals surface area contributed by atoms with E-state index < -0.39 is 11.9 Å². The summed E-state index contributed by atoms with van der Waals surface area (Å²) in [6, 6.07) is 5.12. The van der Waals surface area contributed by atoms with Crippen LogP contribution in [0.4, 0.5) is 9.18 Å². The molecule has 0 heterocycles. The summed E-state index contributed by atoms with van der Waals surface area (Å²) in [6.45, 7) is 0. The van der Waals surface area contributed by atoms with Crippen molar-refractivity contribution < 1.29 is 14.3 Å². The summed E-state index contributed by atoms with van der Waals surface area (Å²) < 4.78 is 12.8. The van der Waals surface area contributed by atoms with Gasteiger partial charge < -0.3 is 5.11 Å². The van der Waals surface area contributed by atoms with E-state index in [0.717, 1.165) is 18.2 Å². The summed E-state index contributed by atoms with van der Waals surface area (Å²) in [4.78, 5) is 10.5. The van der Waals surface area contributed by atoms with Crippen LogP contribution in [0.2, 0.25) is 5.02 Å². The van der Waals surface area contributed by atoms with Crippen molar-refractivity contribution in [3.8, 4) is 6.07 Å². The number of carbonyl (C=O) groups is 1. The zero-order valence-corrected chi connectivity index (χ0v) is 8.62. The molecular weight excluding hydrogens is 235 g/mol. The van der Waals surface area contributed by atoms with Crippen LogP contribution in [0.5, 0.6) is 0 Å². The molecule has 0 fully saturated rings. The molecular formula is C10H6ClFN2O2. The fourth-order valence-corrected chi connectivity index (χ4v) is 1.34. The second-order valence-corrected chi connectivity index (χ2v) is 3.15. The molecule has 0 atom stereocenters. The number of nitrogens with one attached hydrogen (secondary N) is 1. The van der Waals surface area contributed by atoms with Crippen LogP contribution in [0.25, 0.3) is 5.70 Å². The van der Waals surface area contributed by atoms with E-state index in [1.54, 1.807) is 6.07 Å². The third kappa shape index (κ3) is 2.97. The monoisotopic (exact) mass is 240 g/mol. The molecule has 0 aliphatic rings. The van der Waals surface area contributed by atoms with Gasteiger partial charge in [0.1, 0.15) is 5.82 Å². The highest BCUT2D eigenvalue weighted by molar-refractivity contribution is 6.32. The van der Waals surface area contributed by atoms with Gasteiger partial charge in [-0.05, 0) is 18.2 Å². The number of hydrogen-bond acceptors (Lipinski definition) is 2. The number of nitrogens with zero attached hydrogens (tertiary/aromatic N) is 1. The minimum absolute atomic E-state index is 0.000000000000000444. The topological polar surface area (TPSA) is 73.1 Å². The molecule has 16 heavy (non-hydrogen) atoms. The smallest absolute Gasteiger partial charge is 0.409 e. The number of allylic oxidation sites excluding steroid dienone is 1. The Bertz CT molecular complexity index is 494. The molecule has 1 amide bonds. The Labute approximate surface area is 95.6 Å². The summed E-state index contributed by atoms with van der Waals surface area (Å²) in [7, 11) is 0. The first kappa shape index (κ1) is 12.0. The Morgan fingerprint density at radius 1 is 1.62 bits per heavy atom. The lowest BCUT2D eigenvalue weighted by atomic mass is 10.1. The summed E-state index contributed by atoms with van der Waals surface area (Å²) in [5.41, 5.74) is 0.243. The number of rotatable bonds is 2. The Hall–Kier alpha value is -2.06. The summed E-state index contributed by atoms with van der Waals surface area (Å²) >= 11 is 5.72. The van der Waals surface area contributed by atoms with E-state index >= 15 is 0 Å². The van der Waals surface area contributed by atoms with Crippen molar-refractivity contribution in [1.82, 2.24) is 5.32 Å². The number of carboxylic acid groups (broad SMARTS) is 1. The molecule has 2 N–H and O–H groups in total. The van der Waals surface area contributed by atoms with E-state index in [2.05, 4.69) is 0 Å². The third-order valence-electron chi connectivity index (χ3n) is 1.67. The predicted molar refractivity (Wildman–Crippen MR) is 56.2 cm³/mol. The van der Waals surface area contributed by atoms with Gasteiger partial charge >= 0.3 is 6.09 Å². The standard InChI is InChI=1S/C10H6ClFN2O2/c11-8-5-6(12)1-2-7(8)9(3-4-13)14-10(15)16/h1-3,5,14H,(H,15,16)/b9-3+. The molecule has 0 bridgehead atoms. The normalized spacial score (nSPS) is 10.7.